The quantitative estimate of drug-likeness (QED) is 0.351. The van der Waals surface area contributed by atoms with E-state index < -0.39 is 0 Å². The minimum atomic E-state index is 0.0292. The van der Waals surface area contributed by atoms with Gasteiger partial charge in [-0.1, -0.05) is 24.3 Å². The molecule has 0 amide bonds. The van der Waals surface area contributed by atoms with Crippen molar-refractivity contribution in [2.45, 2.75) is 0 Å². The smallest absolute Gasteiger partial charge is 0.187 e. The van der Waals surface area contributed by atoms with Crippen molar-refractivity contribution in [1.82, 2.24) is 0 Å². The normalized spacial score (nSPS) is 8.64. The van der Waals surface area contributed by atoms with Crippen LogP contribution in [0.15, 0.2) is 24.3 Å². The van der Waals surface area contributed by atoms with Crippen LogP contribution in [0.25, 0.3) is 4.85 Å². The number of nitrogen functional groups attached to an aromatic ring is 1. The van der Waals surface area contributed by atoms with Gasteiger partial charge in [0, 0.05) is 5.56 Å². The maximum atomic E-state index is 7.06. The van der Waals surface area contributed by atoms with Gasteiger partial charge in [0.1, 0.15) is 5.84 Å². The highest BCUT2D eigenvalue weighted by atomic mass is 14.7. The standard InChI is InChI=1S/C8H7N3/c1-11-7-4-2-6(3-5-7)8(9)10/h2-5H,(H3,9,10). The minimum Gasteiger partial charge on any atom is -0.384 e. The van der Waals surface area contributed by atoms with Gasteiger partial charge in [-0.2, -0.15) is 0 Å². The molecule has 0 unspecified atom stereocenters. The number of amidine groups is 1. The first-order valence-electron chi connectivity index (χ1n) is 3.06. The van der Waals surface area contributed by atoms with E-state index in [1.54, 1.807) is 24.3 Å². The van der Waals surface area contributed by atoms with Crippen molar-refractivity contribution < 1.29 is 0 Å². The first kappa shape index (κ1) is 7.29. The van der Waals surface area contributed by atoms with Crippen LogP contribution in [0.4, 0.5) is 5.69 Å². The maximum Gasteiger partial charge on any atom is 0.187 e. The number of nitrogens with one attached hydrogen (secondary N) is 1. The van der Waals surface area contributed by atoms with Gasteiger partial charge in [-0.25, -0.2) is 4.85 Å². The second kappa shape index (κ2) is 2.84. The predicted molar refractivity (Wildman–Crippen MR) is 43.7 cm³/mol. The number of nitrogens with zero attached hydrogens (tertiary/aromatic N) is 1. The van der Waals surface area contributed by atoms with Crippen molar-refractivity contribution in [1.29, 1.82) is 5.41 Å². The van der Waals surface area contributed by atoms with Gasteiger partial charge >= 0.3 is 0 Å². The lowest BCUT2D eigenvalue weighted by molar-refractivity contribution is 1.43. The third-order valence-electron chi connectivity index (χ3n) is 1.31. The Morgan fingerprint density at radius 3 is 2.27 bits per heavy atom. The van der Waals surface area contributed by atoms with Crippen molar-refractivity contribution in [3.63, 3.8) is 0 Å². The van der Waals surface area contributed by atoms with E-state index in [0.717, 1.165) is 0 Å². The van der Waals surface area contributed by atoms with Gasteiger partial charge in [-0.15, -0.1) is 0 Å². The molecule has 11 heavy (non-hydrogen) atoms. The van der Waals surface area contributed by atoms with Crippen molar-refractivity contribution >= 4 is 11.5 Å². The van der Waals surface area contributed by atoms with E-state index in [1.165, 1.54) is 0 Å². The van der Waals surface area contributed by atoms with E-state index in [9.17, 15) is 0 Å². The van der Waals surface area contributed by atoms with Gasteiger partial charge in [0.15, 0.2) is 5.69 Å². The summed E-state index contributed by atoms with van der Waals surface area (Å²) < 4.78 is 0. The Labute approximate surface area is 64.8 Å². The molecule has 0 spiro atoms. The molecule has 3 heteroatoms. The van der Waals surface area contributed by atoms with E-state index in [0.29, 0.717) is 11.3 Å². The van der Waals surface area contributed by atoms with Crippen LogP contribution in [-0.2, 0) is 0 Å². The first-order valence-corrected chi connectivity index (χ1v) is 3.06. The zero-order valence-electron chi connectivity index (χ0n) is 5.83. The average molecular weight is 145 g/mol. The molecule has 0 aromatic heterocycles. The van der Waals surface area contributed by atoms with Crippen LogP contribution in [-0.4, -0.2) is 5.84 Å². The molecule has 1 rings (SSSR count). The van der Waals surface area contributed by atoms with Gasteiger partial charge in [0.25, 0.3) is 0 Å². The van der Waals surface area contributed by atoms with Crippen LogP contribution < -0.4 is 5.73 Å². The molecule has 3 N–H and O–H groups in total. The van der Waals surface area contributed by atoms with Crippen LogP contribution in [0, 0.1) is 12.0 Å². The molecule has 0 saturated carbocycles. The van der Waals surface area contributed by atoms with Crippen LogP contribution >= 0.6 is 0 Å². The molecule has 0 bridgehead atoms. The molecule has 0 aliphatic rings. The number of hydrogen-bond donors (Lipinski definition) is 2. The van der Waals surface area contributed by atoms with Gasteiger partial charge in [0.2, 0.25) is 0 Å². The number of rotatable bonds is 1. The lowest BCUT2D eigenvalue weighted by Gasteiger charge is -1.95. The summed E-state index contributed by atoms with van der Waals surface area (Å²) in [5.74, 6) is 0.0292. The molecular formula is C8H7N3. The Morgan fingerprint density at radius 2 is 1.91 bits per heavy atom. The molecule has 0 aliphatic heterocycles. The summed E-state index contributed by atoms with van der Waals surface area (Å²) >= 11 is 0. The average Bonchev–Trinajstić information content (AvgIpc) is 2.05. The molecule has 0 radical (unpaired) electrons. The molecular weight excluding hydrogens is 138 g/mol. The molecule has 54 valence electrons. The Hall–Kier alpha value is -1.82. The predicted octanol–water partition coefficient (Wildman–Crippen LogP) is 1.52. The van der Waals surface area contributed by atoms with Crippen molar-refractivity contribution in [3.05, 3.63) is 41.2 Å². The molecule has 0 atom stereocenters. The SMILES string of the molecule is [C-]#[N+]c1ccc(C(=N)N)cc1. The highest BCUT2D eigenvalue weighted by molar-refractivity contribution is 5.95. The zero-order valence-corrected chi connectivity index (χ0v) is 5.83. The summed E-state index contributed by atoms with van der Waals surface area (Å²) in [5, 5.41) is 7.06. The topological polar surface area (TPSA) is 54.2 Å². The fourth-order valence-corrected chi connectivity index (χ4v) is 0.716. The highest BCUT2D eigenvalue weighted by Gasteiger charge is 1.94. The Bertz CT molecular complexity index is 305. The molecule has 3 nitrogen and oxygen atoms in total. The van der Waals surface area contributed by atoms with E-state index in [-0.39, 0.29) is 5.84 Å². The summed E-state index contributed by atoms with van der Waals surface area (Å²) in [7, 11) is 0. The summed E-state index contributed by atoms with van der Waals surface area (Å²) in [6.07, 6.45) is 0. The Kier molecular flexibility index (Phi) is 1.88. The number of hydrogen-bond acceptors (Lipinski definition) is 1. The largest absolute Gasteiger partial charge is 0.384 e. The van der Waals surface area contributed by atoms with Crippen LogP contribution in [0.1, 0.15) is 5.56 Å². The molecule has 0 aliphatic carbocycles. The lowest BCUT2D eigenvalue weighted by Crippen LogP contribution is -2.10. The van der Waals surface area contributed by atoms with Crippen LogP contribution in [0.2, 0.25) is 0 Å². The molecule has 0 fully saturated rings. The van der Waals surface area contributed by atoms with Gasteiger partial charge < -0.3 is 5.73 Å². The fraction of sp³-hybridized carbons (Fsp3) is 0. The second-order valence-corrected chi connectivity index (χ2v) is 2.07. The molecule has 0 heterocycles. The van der Waals surface area contributed by atoms with E-state index in [2.05, 4.69) is 4.85 Å². The van der Waals surface area contributed by atoms with Gasteiger partial charge in [0.05, 0.1) is 6.57 Å². The minimum absolute atomic E-state index is 0.0292. The summed E-state index contributed by atoms with van der Waals surface area (Å²) in [5.41, 5.74) is 6.43. The molecule has 1 aromatic carbocycles. The number of nitrogens with two attached hydrogens (primary N) is 1. The Morgan fingerprint density at radius 1 is 1.36 bits per heavy atom. The van der Waals surface area contributed by atoms with Crippen molar-refractivity contribution in [3.8, 4) is 0 Å². The lowest BCUT2D eigenvalue weighted by atomic mass is 10.2. The maximum absolute atomic E-state index is 7.06. The zero-order chi connectivity index (χ0) is 8.27. The summed E-state index contributed by atoms with van der Waals surface area (Å²) in [4.78, 5) is 3.21. The first-order chi connectivity index (χ1) is 5.24. The second-order valence-electron chi connectivity index (χ2n) is 2.07. The van der Waals surface area contributed by atoms with Gasteiger partial charge in [-0.3, -0.25) is 5.41 Å². The fourth-order valence-electron chi connectivity index (χ4n) is 0.716. The van der Waals surface area contributed by atoms with E-state index in [4.69, 9.17) is 17.7 Å². The van der Waals surface area contributed by atoms with Gasteiger partial charge in [-0.05, 0) is 0 Å². The van der Waals surface area contributed by atoms with E-state index in [1.807, 2.05) is 0 Å². The third kappa shape index (κ3) is 1.55. The van der Waals surface area contributed by atoms with E-state index >= 15 is 0 Å². The summed E-state index contributed by atoms with van der Waals surface area (Å²) in [6.45, 7) is 6.66. The molecule has 1 aromatic rings. The van der Waals surface area contributed by atoms with Crippen molar-refractivity contribution in [2.75, 3.05) is 0 Å². The summed E-state index contributed by atoms with van der Waals surface area (Å²) in [6, 6.07) is 6.61. The van der Waals surface area contributed by atoms with Crippen LogP contribution in [0.3, 0.4) is 0 Å². The van der Waals surface area contributed by atoms with Crippen LogP contribution in [0.5, 0.6) is 0 Å². The monoisotopic (exact) mass is 145 g/mol. The molecule has 0 saturated heterocycles. The van der Waals surface area contributed by atoms with Crippen molar-refractivity contribution in [2.24, 2.45) is 5.73 Å². The third-order valence-corrected chi connectivity index (χ3v) is 1.31. The number of benzene rings is 1. The Balaban J connectivity index is 3.03. The highest BCUT2D eigenvalue weighted by Crippen LogP contribution is 2.11.